The van der Waals surface area contributed by atoms with Crippen LogP contribution in [0.4, 0.5) is 21.2 Å². The Balaban J connectivity index is 1.61. The first-order valence-electron chi connectivity index (χ1n) is 11.0. The lowest BCUT2D eigenvalue weighted by Crippen LogP contribution is -2.27. The fourth-order valence-electron chi connectivity index (χ4n) is 3.55. The predicted octanol–water partition coefficient (Wildman–Crippen LogP) is 3.61. The summed E-state index contributed by atoms with van der Waals surface area (Å²) in [5, 5.41) is 23.5. The number of aromatic nitrogens is 5. The Kier molecular flexibility index (Phi) is 6.40. The number of nitrogens with zero attached hydrogens (tertiary/aromatic N) is 5. The minimum atomic E-state index is -1.05. The number of nitrogens with two attached hydrogens (primary N) is 1. The molecule has 4 aromatic rings. The minimum Gasteiger partial charge on any atom is -0.465 e. The predicted molar refractivity (Wildman–Crippen MR) is 128 cm³/mol. The first kappa shape index (κ1) is 23.7. The highest BCUT2D eigenvalue weighted by Crippen LogP contribution is 2.33. The zero-order valence-electron chi connectivity index (χ0n) is 19.5. The van der Waals surface area contributed by atoms with E-state index < -0.39 is 17.8 Å². The van der Waals surface area contributed by atoms with Gasteiger partial charge in [-0.1, -0.05) is 11.2 Å². The molecule has 13 heteroatoms. The van der Waals surface area contributed by atoms with Gasteiger partial charge in [0.1, 0.15) is 23.4 Å². The Bertz CT molecular complexity index is 1390. The van der Waals surface area contributed by atoms with Crippen molar-refractivity contribution < 1.29 is 24.0 Å². The number of hydrogen-bond acceptors (Lipinski definition) is 9. The number of anilines is 2. The summed E-state index contributed by atoms with van der Waals surface area (Å²) in [5.41, 5.74) is 7.80. The standard InChI is InChI=1S/C22H26N8O5/c1-22(2,3)34-21(33)27-18-13-7-6-12(10-14(13)35-29-18)16-15-17(23)25-11-26-19(15)30(28-16)9-5-4-8-24-20(31)32/h6-7,10-11,24H,4-5,8-9H2,1-3H3,(H,31,32)(H2,23,25,26)(H,27,29,33). The van der Waals surface area contributed by atoms with Gasteiger partial charge in [-0.05, 0) is 45.7 Å². The van der Waals surface area contributed by atoms with Gasteiger partial charge in [0, 0.05) is 18.7 Å². The molecule has 4 rings (SSSR count). The highest BCUT2D eigenvalue weighted by atomic mass is 16.6. The second-order valence-electron chi connectivity index (χ2n) is 8.84. The minimum absolute atomic E-state index is 0.244. The highest BCUT2D eigenvalue weighted by Gasteiger charge is 2.21. The number of benzene rings is 1. The van der Waals surface area contributed by atoms with Gasteiger partial charge in [0.2, 0.25) is 0 Å². The monoisotopic (exact) mass is 482 g/mol. The number of unbranched alkanes of at least 4 members (excludes halogenated alkanes) is 1. The summed E-state index contributed by atoms with van der Waals surface area (Å²) in [6.07, 6.45) is 1.01. The zero-order chi connectivity index (χ0) is 25.2. The van der Waals surface area contributed by atoms with Crippen molar-refractivity contribution in [1.82, 2.24) is 30.2 Å². The Hall–Kier alpha value is -4.42. The quantitative estimate of drug-likeness (QED) is 0.284. The second-order valence-corrected chi connectivity index (χ2v) is 8.84. The molecule has 3 aromatic heterocycles. The summed E-state index contributed by atoms with van der Waals surface area (Å²) in [5.74, 6) is 0.530. The molecule has 3 heterocycles. The number of nitrogens with one attached hydrogen (secondary N) is 2. The van der Waals surface area contributed by atoms with Crippen LogP contribution in [0.2, 0.25) is 0 Å². The first-order chi connectivity index (χ1) is 16.6. The third-order valence-corrected chi connectivity index (χ3v) is 5.00. The lowest BCUT2D eigenvalue weighted by Gasteiger charge is -2.19. The van der Waals surface area contributed by atoms with Crippen LogP contribution < -0.4 is 16.4 Å². The molecule has 0 aliphatic rings. The van der Waals surface area contributed by atoms with Crippen LogP contribution in [0.15, 0.2) is 29.0 Å². The van der Waals surface area contributed by atoms with Crippen LogP contribution in [0.25, 0.3) is 33.3 Å². The molecule has 0 bridgehead atoms. The van der Waals surface area contributed by atoms with Crippen molar-refractivity contribution in [3.05, 3.63) is 24.5 Å². The van der Waals surface area contributed by atoms with E-state index in [2.05, 4.69) is 25.8 Å². The first-order valence-corrected chi connectivity index (χ1v) is 11.0. The normalized spacial score (nSPS) is 11.6. The van der Waals surface area contributed by atoms with Crippen LogP contribution in [-0.4, -0.2) is 54.3 Å². The lowest BCUT2D eigenvalue weighted by molar-refractivity contribution is 0.0634. The van der Waals surface area contributed by atoms with Gasteiger partial charge in [0.15, 0.2) is 17.0 Å². The van der Waals surface area contributed by atoms with E-state index >= 15 is 0 Å². The van der Waals surface area contributed by atoms with E-state index in [4.69, 9.17) is 25.2 Å². The van der Waals surface area contributed by atoms with Crippen molar-refractivity contribution in [2.24, 2.45) is 0 Å². The van der Waals surface area contributed by atoms with Crippen molar-refractivity contribution in [2.45, 2.75) is 45.8 Å². The van der Waals surface area contributed by atoms with E-state index in [9.17, 15) is 9.59 Å². The number of carbonyl (C=O) groups excluding carboxylic acids is 1. The lowest BCUT2D eigenvalue weighted by atomic mass is 10.1. The van der Waals surface area contributed by atoms with Gasteiger partial charge in [-0.2, -0.15) is 5.10 Å². The van der Waals surface area contributed by atoms with Crippen molar-refractivity contribution in [1.29, 1.82) is 0 Å². The van der Waals surface area contributed by atoms with Crippen molar-refractivity contribution in [3.63, 3.8) is 0 Å². The maximum atomic E-state index is 12.1. The average Bonchev–Trinajstić information content (AvgIpc) is 3.34. The SMILES string of the molecule is CC(C)(C)OC(=O)Nc1noc2cc(-c3nn(CCCCNC(=O)O)c4ncnc(N)c34)ccc12. The molecule has 0 saturated carbocycles. The number of amides is 2. The van der Waals surface area contributed by atoms with Gasteiger partial charge in [-0.25, -0.2) is 24.2 Å². The molecule has 0 aliphatic heterocycles. The molecule has 1 aromatic carbocycles. The van der Waals surface area contributed by atoms with E-state index in [0.29, 0.717) is 59.2 Å². The maximum Gasteiger partial charge on any atom is 0.413 e. The van der Waals surface area contributed by atoms with Crippen molar-refractivity contribution in [2.75, 3.05) is 17.6 Å². The Morgan fingerprint density at radius 3 is 2.77 bits per heavy atom. The van der Waals surface area contributed by atoms with Gasteiger partial charge in [0.25, 0.3) is 0 Å². The molecule has 2 amide bonds. The summed E-state index contributed by atoms with van der Waals surface area (Å²) >= 11 is 0. The molecule has 0 atom stereocenters. The van der Waals surface area contributed by atoms with Crippen LogP contribution >= 0.6 is 0 Å². The van der Waals surface area contributed by atoms with Gasteiger partial charge < -0.3 is 25.4 Å². The van der Waals surface area contributed by atoms with Gasteiger partial charge in [-0.3, -0.25) is 5.32 Å². The van der Waals surface area contributed by atoms with Gasteiger partial charge >= 0.3 is 12.2 Å². The summed E-state index contributed by atoms with van der Waals surface area (Å²) in [4.78, 5) is 31.2. The Labute approximate surface area is 199 Å². The number of ether oxygens (including phenoxy) is 1. The van der Waals surface area contributed by atoms with Gasteiger partial charge in [0.05, 0.1) is 10.8 Å². The summed E-state index contributed by atoms with van der Waals surface area (Å²) in [6.45, 7) is 6.17. The molecule has 13 nitrogen and oxygen atoms in total. The molecule has 5 N–H and O–H groups in total. The number of aryl methyl sites for hydroxylation is 1. The van der Waals surface area contributed by atoms with E-state index in [1.807, 2.05) is 6.07 Å². The smallest absolute Gasteiger partial charge is 0.413 e. The molecule has 0 aliphatic carbocycles. The molecule has 35 heavy (non-hydrogen) atoms. The van der Waals surface area contributed by atoms with E-state index in [-0.39, 0.29) is 11.6 Å². The molecule has 0 saturated heterocycles. The fraction of sp³-hybridized carbons (Fsp3) is 0.364. The van der Waals surface area contributed by atoms with E-state index in [0.717, 1.165) is 0 Å². The second kappa shape index (κ2) is 9.44. The molecule has 0 unspecified atom stereocenters. The van der Waals surface area contributed by atoms with Crippen LogP contribution in [0.5, 0.6) is 0 Å². The number of carboxylic acid groups (broad SMARTS) is 1. The Morgan fingerprint density at radius 2 is 2.03 bits per heavy atom. The summed E-state index contributed by atoms with van der Waals surface area (Å²) < 4.78 is 12.4. The van der Waals surface area contributed by atoms with Crippen LogP contribution in [0.3, 0.4) is 0 Å². The molecule has 0 radical (unpaired) electrons. The number of carbonyl (C=O) groups is 2. The molecular formula is C22H26N8O5. The third kappa shape index (κ3) is 5.39. The largest absolute Gasteiger partial charge is 0.465 e. The third-order valence-electron chi connectivity index (χ3n) is 5.00. The average molecular weight is 483 g/mol. The summed E-state index contributed by atoms with van der Waals surface area (Å²) in [7, 11) is 0. The fourth-order valence-corrected chi connectivity index (χ4v) is 3.55. The maximum absolute atomic E-state index is 12.1. The Morgan fingerprint density at radius 1 is 1.23 bits per heavy atom. The van der Waals surface area contributed by atoms with Crippen LogP contribution in [0.1, 0.15) is 33.6 Å². The zero-order valence-corrected chi connectivity index (χ0v) is 19.5. The van der Waals surface area contributed by atoms with Crippen LogP contribution in [0, 0.1) is 0 Å². The number of rotatable bonds is 7. The van der Waals surface area contributed by atoms with E-state index in [1.54, 1.807) is 37.6 Å². The molecular weight excluding hydrogens is 456 g/mol. The van der Waals surface area contributed by atoms with E-state index in [1.165, 1.54) is 6.33 Å². The molecule has 184 valence electrons. The van der Waals surface area contributed by atoms with Crippen molar-refractivity contribution in [3.8, 4) is 11.3 Å². The number of nitrogen functional groups attached to an aromatic ring is 1. The highest BCUT2D eigenvalue weighted by molar-refractivity contribution is 6.02. The number of hydrogen-bond donors (Lipinski definition) is 4. The van der Waals surface area contributed by atoms with Crippen molar-refractivity contribution >= 4 is 45.8 Å². The van der Waals surface area contributed by atoms with Crippen LogP contribution in [-0.2, 0) is 11.3 Å². The summed E-state index contributed by atoms with van der Waals surface area (Å²) in [6, 6.07) is 5.32. The number of fused-ring (bicyclic) bond motifs is 2. The topological polar surface area (TPSA) is 183 Å². The molecule has 0 fully saturated rings. The molecule has 0 spiro atoms. The van der Waals surface area contributed by atoms with Gasteiger partial charge in [-0.15, -0.1) is 0 Å².